The first-order chi connectivity index (χ1) is 19.1. The van der Waals surface area contributed by atoms with Gasteiger partial charge < -0.3 is 9.84 Å². The van der Waals surface area contributed by atoms with Crippen molar-refractivity contribution in [3.05, 3.63) is 72.9 Å². The van der Waals surface area contributed by atoms with Gasteiger partial charge in [0.15, 0.2) is 0 Å². The number of esters is 1. The number of hydrogen-bond acceptors (Lipinski definition) is 3. The average molecular weight is 541 g/mol. The number of aliphatic carboxylic acids is 1. The molecule has 1 N–H and O–H groups in total. The molecule has 0 heterocycles. The van der Waals surface area contributed by atoms with Crippen LogP contribution in [0.5, 0.6) is 0 Å². The summed E-state index contributed by atoms with van der Waals surface area (Å²) in [6.45, 7) is 4.36. The standard InChI is InChI=1S/C35H56O4/c1-3-5-7-9-11-13-14-15-16-17-18-19-20-21-22-23-25-27-29-31-35(38)39-33(32-34(36)37)30-28-26-24-12-10-8-6-4-2/h5,7,11,13,15-16,18-19,21-22,25,27,33H,3-4,6,8-10,12,14,17,20,23-24,26,28-32H2,1-2H3,(H,36,37)/b7-5-,13-11-,16-15-,19-18-,22-21-,27-25-. The second-order valence-electron chi connectivity index (χ2n) is 9.93. The van der Waals surface area contributed by atoms with Crippen LogP contribution in [0.2, 0.25) is 0 Å². The van der Waals surface area contributed by atoms with E-state index < -0.39 is 12.1 Å². The van der Waals surface area contributed by atoms with Crippen LogP contribution in [0.3, 0.4) is 0 Å². The van der Waals surface area contributed by atoms with Crippen molar-refractivity contribution in [2.45, 2.75) is 136 Å². The zero-order valence-corrected chi connectivity index (χ0v) is 24.9. The molecule has 0 saturated heterocycles. The fourth-order valence-electron chi connectivity index (χ4n) is 3.99. The first kappa shape index (κ1) is 36.4. The van der Waals surface area contributed by atoms with Crippen molar-refractivity contribution in [3.63, 3.8) is 0 Å². The number of ether oxygens (including phenoxy) is 1. The van der Waals surface area contributed by atoms with Gasteiger partial charge in [-0.1, -0.05) is 132 Å². The first-order valence-corrected chi connectivity index (χ1v) is 15.4. The lowest BCUT2D eigenvalue weighted by atomic mass is 10.0. The maximum absolute atomic E-state index is 12.2. The predicted octanol–water partition coefficient (Wildman–Crippen LogP) is 10.4. The smallest absolute Gasteiger partial charge is 0.307 e. The van der Waals surface area contributed by atoms with Crippen molar-refractivity contribution in [2.75, 3.05) is 0 Å². The van der Waals surface area contributed by atoms with E-state index in [2.05, 4.69) is 80.7 Å². The number of rotatable bonds is 26. The molecule has 0 radical (unpaired) electrons. The molecule has 0 saturated carbocycles. The predicted molar refractivity (Wildman–Crippen MR) is 167 cm³/mol. The molecule has 0 aliphatic heterocycles. The van der Waals surface area contributed by atoms with Gasteiger partial charge in [-0.15, -0.1) is 0 Å². The maximum Gasteiger partial charge on any atom is 0.307 e. The Morgan fingerprint density at radius 2 is 1.05 bits per heavy atom. The summed E-state index contributed by atoms with van der Waals surface area (Å²) in [5, 5.41) is 9.15. The number of carbonyl (C=O) groups is 2. The molecule has 0 rings (SSSR count). The van der Waals surface area contributed by atoms with Crippen LogP contribution in [0, 0.1) is 0 Å². The van der Waals surface area contributed by atoms with E-state index in [9.17, 15) is 9.59 Å². The number of hydrogen-bond donors (Lipinski definition) is 1. The molecule has 0 spiro atoms. The van der Waals surface area contributed by atoms with Crippen LogP contribution in [0.25, 0.3) is 0 Å². The Labute approximate surface area is 239 Å². The second kappa shape index (κ2) is 29.9. The molecule has 0 aromatic carbocycles. The minimum atomic E-state index is -0.913. The Balaban J connectivity index is 3.90. The van der Waals surface area contributed by atoms with Crippen LogP contribution in [-0.4, -0.2) is 23.1 Å². The van der Waals surface area contributed by atoms with E-state index in [-0.39, 0.29) is 18.8 Å². The van der Waals surface area contributed by atoms with Crippen LogP contribution in [0.15, 0.2) is 72.9 Å². The molecule has 39 heavy (non-hydrogen) atoms. The van der Waals surface area contributed by atoms with E-state index in [0.717, 1.165) is 51.4 Å². The summed E-state index contributed by atoms with van der Waals surface area (Å²) in [6.07, 6.45) is 42.1. The van der Waals surface area contributed by atoms with E-state index in [0.29, 0.717) is 12.8 Å². The van der Waals surface area contributed by atoms with E-state index in [1.165, 1.54) is 38.5 Å². The van der Waals surface area contributed by atoms with Gasteiger partial charge in [0.25, 0.3) is 0 Å². The van der Waals surface area contributed by atoms with E-state index in [1.807, 2.05) is 6.08 Å². The SMILES string of the molecule is CC/C=C\C/C=C\C/C=C\C/C=C\C/C=C\C/C=C\CCC(=O)OC(CCCCCCCCCC)CC(=O)O. The minimum absolute atomic E-state index is 0.109. The third kappa shape index (κ3) is 29.8. The summed E-state index contributed by atoms with van der Waals surface area (Å²) in [5.74, 6) is -1.22. The molecule has 1 atom stereocenters. The number of allylic oxidation sites excluding steroid dienone is 12. The van der Waals surface area contributed by atoms with Gasteiger partial charge in [-0.25, -0.2) is 0 Å². The molecule has 220 valence electrons. The van der Waals surface area contributed by atoms with Crippen LogP contribution in [0.4, 0.5) is 0 Å². The monoisotopic (exact) mass is 540 g/mol. The number of unbranched alkanes of at least 4 members (excludes halogenated alkanes) is 7. The maximum atomic E-state index is 12.2. The van der Waals surface area contributed by atoms with Gasteiger partial charge in [0.1, 0.15) is 6.10 Å². The quantitative estimate of drug-likeness (QED) is 0.0673. The zero-order chi connectivity index (χ0) is 28.7. The van der Waals surface area contributed by atoms with Gasteiger partial charge in [-0.05, 0) is 57.8 Å². The first-order valence-electron chi connectivity index (χ1n) is 15.4. The third-order valence-corrected chi connectivity index (χ3v) is 6.19. The molecule has 0 amide bonds. The van der Waals surface area contributed by atoms with Crippen molar-refractivity contribution in [2.24, 2.45) is 0 Å². The van der Waals surface area contributed by atoms with Crippen LogP contribution in [0.1, 0.15) is 129 Å². The molecular weight excluding hydrogens is 484 g/mol. The lowest BCUT2D eigenvalue weighted by molar-refractivity contribution is -0.153. The molecule has 0 fully saturated rings. The third-order valence-electron chi connectivity index (χ3n) is 6.19. The highest BCUT2D eigenvalue weighted by Crippen LogP contribution is 2.15. The van der Waals surface area contributed by atoms with E-state index in [1.54, 1.807) is 0 Å². The molecule has 0 aliphatic carbocycles. The molecule has 4 heteroatoms. The lowest BCUT2D eigenvalue weighted by Crippen LogP contribution is -2.21. The molecule has 1 unspecified atom stereocenters. The number of carbonyl (C=O) groups excluding carboxylic acids is 1. The van der Waals surface area contributed by atoms with Crippen molar-refractivity contribution < 1.29 is 19.4 Å². The van der Waals surface area contributed by atoms with E-state index >= 15 is 0 Å². The summed E-state index contributed by atoms with van der Waals surface area (Å²) in [5.41, 5.74) is 0. The van der Waals surface area contributed by atoms with Gasteiger partial charge >= 0.3 is 11.9 Å². The fourth-order valence-corrected chi connectivity index (χ4v) is 3.99. The van der Waals surface area contributed by atoms with Gasteiger partial charge in [0.05, 0.1) is 6.42 Å². The van der Waals surface area contributed by atoms with Crippen molar-refractivity contribution in [1.82, 2.24) is 0 Å². The molecule has 0 aliphatic rings. The van der Waals surface area contributed by atoms with E-state index in [4.69, 9.17) is 9.84 Å². The van der Waals surface area contributed by atoms with Gasteiger partial charge in [-0.3, -0.25) is 9.59 Å². The Kier molecular flexibility index (Phi) is 27.9. The summed E-state index contributed by atoms with van der Waals surface area (Å²) in [6, 6.07) is 0. The second-order valence-corrected chi connectivity index (χ2v) is 9.93. The number of carboxylic acids is 1. The zero-order valence-electron chi connectivity index (χ0n) is 24.9. The number of carboxylic acid groups (broad SMARTS) is 1. The van der Waals surface area contributed by atoms with Crippen LogP contribution < -0.4 is 0 Å². The highest BCUT2D eigenvalue weighted by atomic mass is 16.5. The largest absolute Gasteiger partial charge is 0.481 e. The Morgan fingerprint density at radius 3 is 1.51 bits per heavy atom. The average Bonchev–Trinajstić information content (AvgIpc) is 2.91. The van der Waals surface area contributed by atoms with Gasteiger partial charge in [0.2, 0.25) is 0 Å². The summed E-state index contributed by atoms with van der Waals surface area (Å²) < 4.78 is 5.47. The van der Waals surface area contributed by atoms with Gasteiger partial charge in [-0.2, -0.15) is 0 Å². The van der Waals surface area contributed by atoms with Gasteiger partial charge in [0, 0.05) is 6.42 Å². The van der Waals surface area contributed by atoms with Crippen molar-refractivity contribution >= 4 is 11.9 Å². The normalized spacial score (nSPS) is 13.3. The Morgan fingerprint density at radius 1 is 0.615 bits per heavy atom. The van der Waals surface area contributed by atoms with Crippen LogP contribution in [-0.2, 0) is 14.3 Å². The minimum Gasteiger partial charge on any atom is -0.481 e. The highest BCUT2D eigenvalue weighted by Gasteiger charge is 2.17. The molecular formula is C35H56O4. The molecule has 0 bridgehead atoms. The van der Waals surface area contributed by atoms with Crippen LogP contribution >= 0.6 is 0 Å². The topological polar surface area (TPSA) is 63.6 Å². The highest BCUT2D eigenvalue weighted by molar-refractivity contribution is 5.71. The Bertz CT molecular complexity index is 755. The summed E-state index contributed by atoms with van der Waals surface area (Å²) >= 11 is 0. The van der Waals surface area contributed by atoms with Crippen molar-refractivity contribution in [1.29, 1.82) is 0 Å². The summed E-state index contributed by atoms with van der Waals surface area (Å²) in [4.78, 5) is 23.3. The fraction of sp³-hybridized carbons (Fsp3) is 0.600. The Hall–Kier alpha value is -2.62. The molecule has 0 aromatic rings. The lowest BCUT2D eigenvalue weighted by Gasteiger charge is -2.16. The van der Waals surface area contributed by atoms with Crippen molar-refractivity contribution in [3.8, 4) is 0 Å². The summed E-state index contributed by atoms with van der Waals surface area (Å²) in [7, 11) is 0. The molecule has 4 nitrogen and oxygen atoms in total. The molecule has 0 aromatic heterocycles.